The van der Waals surface area contributed by atoms with Gasteiger partial charge in [-0.25, -0.2) is 4.98 Å². The SMILES string of the molecule is CNc1cnc(CN2CCC(C)C(C)C2)cn1. The second-order valence-corrected chi connectivity index (χ2v) is 5.12. The monoisotopic (exact) mass is 234 g/mol. The first kappa shape index (κ1) is 12.3. The van der Waals surface area contributed by atoms with Crippen molar-refractivity contribution < 1.29 is 0 Å². The molecule has 1 aliphatic rings. The van der Waals surface area contributed by atoms with Crippen molar-refractivity contribution in [1.82, 2.24) is 14.9 Å². The lowest BCUT2D eigenvalue weighted by Crippen LogP contribution is -2.38. The van der Waals surface area contributed by atoms with E-state index in [1.54, 1.807) is 6.20 Å². The number of rotatable bonds is 3. The van der Waals surface area contributed by atoms with Crippen LogP contribution in [0, 0.1) is 11.8 Å². The first-order valence-corrected chi connectivity index (χ1v) is 6.40. The highest BCUT2D eigenvalue weighted by molar-refractivity contribution is 5.29. The molecule has 0 saturated carbocycles. The zero-order valence-electron chi connectivity index (χ0n) is 11.0. The fourth-order valence-electron chi connectivity index (χ4n) is 2.29. The molecule has 1 aliphatic heterocycles. The first-order valence-electron chi connectivity index (χ1n) is 6.40. The van der Waals surface area contributed by atoms with E-state index in [-0.39, 0.29) is 0 Å². The minimum atomic E-state index is 0.785. The van der Waals surface area contributed by atoms with Crippen LogP contribution >= 0.6 is 0 Å². The summed E-state index contributed by atoms with van der Waals surface area (Å²) >= 11 is 0. The summed E-state index contributed by atoms with van der Waals surface area (Å²) in [6.45, 7) is 7.97. The van der Waals surface area contributed by atoms with E-state index >= 15 is 0 Å². The average Bonchev–Trinajstić information content (AvgIpc) is 2.35. The Hall–Kier alpha value is -1.16. The van der Waals surface area contributed by atoms with Gasteiger partial charge >= 0.3 is 0 Å². The maximum atomic E-state index is 4.42. The lowest BCUT2D eigenvalue weighted by molar-refractivity contribution is 0.131. The molecular weight excluding hydrogens is 212 g/mol. The molecule has 94 valence electrons. The van der Waals surface area contributed by atoms with Gasteiger partial charge in [0.2, 0.25) is 0 Å². The molecule has 0 amide bonds. The smallest absolute Gasteiger partial charge is 0.144 e. The quantitative estimate of drug-likeness (QED) is 0.868. The van der Waals surface area contributed by atoms with E-state index in [0.717, 1.165) is 29.9 Å². The molecule has 1 aromatic heterocycles. The van der Waals surface area contributed by atoms with Crippen molar-refractivity contribution in [2.24, 2.45) is 11.8 Å². The molecule has 0 spiro atoms. The Kier molecular flexibility index (Phi) is 3.94. The van der Waals surface area contributed by atoms with Crippen LogP contribution in [0.4, 0.5) is 5.82 Å². The summed E-state index contributed by atoms with van der Waals surface area (Å²) < 4.78 is 0. The number of hydrogen-bond acceptors (Lipinski definition) is 4. The van der Waals surface area contributed by atoms with Gasteiger partial charge < -0.3 is 5.32 Å². The summed E-state index contributed by atoms with van der Waals surface area (Å²) in [7, 11) is 1.86. The molecule has 2 heterocycles. The van der Waals surface area contributed by atoms with E-state index in [4.69, 9.17) is 0 Å². The van der Waals surface area contributed by atoms with Crippen LogP contribution in [0.2, 0.25) is 0 Å². The molecule has 1 aromatic rings. The fraction of sp³-hybridized carbons (Fsp3) is 0.692. The van der Waals surface area contributed by atoms with Gasteiger partial charge in [0.25, 0.3) is 0 Å². The predicted molar refractivity (Wildman–Crippen MR) is 69.8 cm³/mol. The lowest BCUT2D eigenvalue weighted by atomic mass is 9.89. The fourth-order valence-corrected chi connectivity index (χ4v) is 2.29. The Balaban J connectivity index is 1.92. The molecule has 2 unspecified atom stereocenters. The Bertz CT molecular complexity index is 349. The summed E-state index contributed by atoms with van der Waals surface area (Å²) in [6, 6.07) is 0. The van der Waals surface area contributed by atoms with Crippen LogP contribution in [-0.2, 0) is 6.54 Å². The Morgan fingerprint density at radius 1 is 1.29 bits per heavy atom. The molecule has 1 N–H and O–H groups in total. The normalized spacial score (nSPS) is 25.8. The van der Waals surface area contributed by atoms with Crippen LogP contribution in [0.1, 0.15) is 26.0 Å². The number of likely N-dealkylation sites (tertiary alicyclic amines) is 1. The largest absolute Gasteiger partial charge is 0.372 e. The minimum Gasteiger partial charge on any atom is -0.372 e. The summed E-state index contributed by atoms with van der Waals surface area (Å²) in [5.41, 5.74) is 1.06. The maximum Gasteiger partial charge on any atom is 0.144 e. The average molecular weight is 234 g/mol. The molecule has 2 atom stereocenters. The molecule has 0 radical (unpaired) electrons. The molecule has 4 heteroatoms. The van der Waals surface area contributed by atoms with Crippen LogP contribution in [0.15, 0.2) is 12.4 Å². The van der Waals surface area contributed by atoms with Crippen molar-refractivity contribution in [2.45, 2.75) is 26.8 Å². The van der Waals surface area contributed by atoms with Crippen LogP contribution in [0.5, 0.6) is 0 Å². The van der Waals surface area contributed by atoms with Gasteiger partial charge in [-0.2, -0.15) is 0 Å². The number of nitrogens with one attached hydrogen (secondary N) is 1. The Labute approximate surface area is 103 Å². The van der Waals surface area contributed by atoms with Crippen LogP contribution in [-0.4, -0.2) is 35.0 Å². The van der Waals surface area contributed by atoms with Crippen molar-refractivity contribution in [3.8, 4) is 0 Å². The van der Waals surface area contributed by atoms with E-state index in [2.05, 4.69) is 34.0 Å². The van der Waals surface area contributed by atoms with Gasteiger partial charge in [-0.15, -0.1) is 0 Å². The van der Waals surface area contributed by atoms with Crippen molar-refractivity contribution in [3.63, 3.8) is 0 Å². The first-order chi connectivity index (χ1) is 8.19. The third-order valence-corrected chi connectivity index (χ3v) is 3.77. The second kappa shape index (κ2) is 5.45. The summed E-state index contributed by atoms with van der Waals surface area (Å²) in [5, 5.41) is 2.98. The van der Waals surface area contributed by atoms with E-state index in [9.17, 15) is 0 Å². The van der Waals surface area contributed by atoms with E-state index in [1.807, 2.05) is 13.2 Å². The van der Waals surface area contributed by atoms with Crippen molar-refractivity contribution in [2.75, 3.05) is 25.5 Å². The number of hydrogen-bond donors (Lipinski definition) is 1. The number of piperidine rings is 1. The molecule has 0 bridgehead atoms. The third-order valence-electron chi connectivity index (χ3n) is 3.77. The van der Waals surface area contributed by atoms with E-state index in [0.29, 0.717) is 0 Å². The Morgan fingerprint density at radius 3 is 2.71 bits per heavy atom. The highest BCUT2D eigenvalue weighted by atomic mass is 15.1. The molecule has 1 saturated heterocycles. The molecule has 2 rings (SSSR count). The van der Waals surface area contributed by atoms with Crippen molar-refractivity contribution in [3.05, 3.63) is 18.1 Å². The second-order valence-electron chi connectivity index (χ2n) is 5.12. The van der Waals surface area contributed by atoms with Crippen molar-refractivity contribution >= 4 is 5.82 Å². The highest BCUT2D eigenvalue weighted by Gasteiger charge is 2.22. The summed E-state index contributed by atoms with van der Waals surface area (Å²) in [5.74, 6) is 2.46. The molecular formula is C13H22N4. The lowest BCUT2D eigenvalue weighted by Gasteiger charge is -2.34. The van der Waals surface area contributed by atoms with Crippen LogP contribution in [0.25, 0.3) is 0 Å². The predicted octanol–water partition coefficient (Wildman–Crippen LogP) is 2.00. The van der Waals surface area contributed by atoms with E-state index < -0.39 is 0 Å². The van der Waals surface area contributed by atoms with Crippen LogP contribution < -0.4 is 5.32 Å². The van der Waals surface area contributed by atoms with E-state index in [1.165, 1.54) is 19.5 Å². The standard InChI is InChI=1S/C13H22N4/c1-10-4-5-17(8-11(10)2)9-12-6-16-13(14-3)7-15-12/h6-7,10-11H,4-5,8-9H2,1-3H3,(H,14,16). The number of nitrogens with zero attached hydrogens (tertiary/aromatic N) is 3. The number of aromatic nitrogens is 2. The maximum absolute atomic E-state index is 4.42. The van der Waals surface area contributed by atoms with Gasteiger partial charge in [0.05, 0.1) is 18.1 Å². The summed E-state index contributed by atoms with van der Waals surface area (Å²) in [6.07, 6.45) is 4.96. The molecule has 0 aliphatic carbocycles. The molecule has 1 fully saturated rings. The van der Waals surface area contributed by atoms with Gasteiger partial charge in [-0.1, -0.05) is 13.8 Å². The molecule has 17 heavy (non-hydrogen) atoms. The van der Waals surface area contributed by atoms with Crippen molar-refractivity contribution in [1.29, 1.82) is 0 Å². The zero-order valence-corrected chi connectivity index (χ0v) is 11.0. The van der Waals surface area contributed by atoms with Gasteiger partial charge in [-0.05, 0) is 24.8 Å². The number of anilines is 1. The highest BCUT2D eigenvalue weighted by Crippen LogP contribution is 2.23. The molecule has 4 nitrogen and oxygen atoms in total. The molecule has 0 aromatic carbocycles. The minimum absolute atomic E-state index is 0.785. The Morgan fingerprint density at radius 2 is 2.12 bits per heavy atom. The van der Waals surface area contributed by atoms with Gasteiger partial charge in [-0.3, -0.25) is 9.88 Å². The zero-order chi connectivity index (χ0) is 12.3. The third kappa shape index (κ3) is 3.16. The topological polar surface area (TPSA) is 41.1 Å². The van der Waals surface area contributed by atoms with Gasteiger partial charge in [0.15, 0.2) is 0 Å². The van der Waals surface area contributed by atoms with Gasteiger partial charge in [0, 0.05) is 20.1 Å². The van der Waals surface area contributed by atoms with Gasteiger partial charge in [0.1, 0.15) is 5.82 Å². The van der Waals surface area contributed by atoms with Crippen LogP contribution in [0.3, 0.4) is 0 Å². The summed E-state index contributed by atoms with van der Waals surface area (Å²) in [4.78, 5) is 11.2.